The number of carboxylic acids is 1. The molecule has 17 heavy (non-hydrogen) atoms. The van der Waals surface area contributed by atoms with E-state index < -0.39 is 11.9 Å². The third-order valence-corrected chi connectivity index (χ3v) is 4.51. The number of hydrogen-bond donors (Lipinski definition) is 1. The van der Waals surface area contributed by atoms with E-state index >= 15 is 0 Å². The van der Waals surface area contributed by atoms with E-state index in [-0.39, 0.29) is 0 Å². The van der Waals surface area contributed by atoms with Crippen LogP contribution in [-0.2, 0) is 4.79 Å². The van der Waals surface area contributed by atoms with Crippen molar-refractivity contribution in [3.8, 4) is 0 Å². The summed E-state index contributed by atoms with van der Waals surface area (Å²) in [4.78, 5) is 11.9. The lowest BCUT2D eigenvalue weighted by atomic mass is 10.0. The Labute approximate surface area is 119 Å². The number of carboxylic acid groups (broad SMARTS) is 1. The minimum atomic E-state index is -0.833. The van der Waals surface area contributed by atoms with Crippen LogP contribution in [0.3, 0.4) is 0 Å². The van der Waals surface area contributed by atoms with Crippen LogP contribution in [0.25, 0.3) is 0 Å². The molecule has 1 aromatic rings. The molecule has 0 aliphatic rings. The predicted molar refractivity (Wildman–Crippen MR) is 76.6 cm³/mol. The lowest BCUT2D eigenvalue weighted by Crippen LogP contribution is -2.07. The van der Waals surface area contributed by atoms with Gasteiger partial charge in [-0.3, -0.25) is 4.79 Å². The Bertz CT molecular complexity index is 398. The normalized spacial score (nSPS) is 12.4. The molecule has 0 fully saturated rings. The summed E-state index contributed by atoms with van der Waals surface area (Å²) in [6, 6.07) is 5.48. The maximum absolute atomic E-state index is 10.9. The van der Waals surface area contributed by atoms with Crippen LogP contribution in [0.2, 0.25) is 5.02 Å². The van der Waals surface area contributed by atoms with Crippen molar-refractivity contribution in [1.82, 2.24) is 0 Å². The van der Waals surface area contributed by atoms with Crippen LogP contribution in [0.4, 0.5) is 0 Å². The first kappa shape index (κ1) is 14.9. The van der Waals surface area contributed by atoms with E-state index in [9.17, 15) is 4.79 Å². The molecular weight excluding hydrogens is 324 g/mol. The van der Waals surface area contributed by atoms with E-state index in [1.807, 2.05) is 12.1 Å². The van der Waals surface area contributed by atoms with E-state index in [0.29, 0.717) is 5.02 Å². The van der Waals surface area contributed by atoms with Crippen LogP contribution < -0.4 is 0 Å². The number of thioether (sulfide) groups is 1. The second-order valence-corrected chi connectivity index (χ2v) is 5.98. The molecule has 0 amide bonds. The molecule has 1 unspecified atom stereocenters. The maximum Gasteiger partial charge on any atom is 0.310 e. The number of halogens is 2. The number of alkyl halides is 1. The highest BCUT2D eigenvalue weighted by molar-refractivity contribution is 9.09. The van der Waals surface area contributed by atoms with Crippen LogP contribution in [0.15, 0.2) is 23.1 Å². The maximum atomic E-state index is 10.9. The number of aliphatic carboxylic acids is 1. The summed E-state index contributed by atoms with van der Waals surface area (Å²) >= 11 is 11.2. The molecule has 1 atom stereocenters. The fourth-order valence-corrected chi connectivity index (χ4v) is 3.16. The van der Waals surface area contributed by atoms with Crippen molar-refractivity contribution in [2.45, 2.75) is 24.2 Å². The van der Waals surface area contributed by atoms with Crippen LogP contribution in [-0.4, -0.2) is 22.2 Å². The third kappa shape index (κ3) is 4.53. The summed E-state index contributed by atoms with van der Waals surface area (Å²) < 4.78 is 0. The number of hydrogen-bond acceptors (Lipinski definition) is 2. The first-order valence-electron chi connectivity index (χ1n) is 5.27. The van der Waals surface area contributed by atoms with Crippen LogP contribution in [0.1, 0.15) is 24.8 Å². The molecule has 0 saturated heterocycles. The second kappa shape index (κ2) is 7.29. The zero-order valence-corrected chi connectivity index (χ0v) is 12.6. The largest absolute Gasteiger partial charge is 0.481 e. The fraction of sp³-hybridized carbons (Fsp3) is 0.417. The molecule has 5 heteroatoms. The highest BCUT2D eigenvalue weighted by Gasteiger charge is 2.14. The van der Waals surface area contributed by atoms with E-state index in [4.69, 9.17) is 16.7 Å². The smallest absolute Gasteiger partial charge is 0.310 e. The molecule has 0 aliphatic heterocycles. The van der Waals surface area contributed by atoms with E-state index in [2.05, 4.69) is 15.9 Å². The predicted octanol–water partition coefficient (Wildman–Crippen LogP) is 4.41. The van der Waals surface area contributed by atoms with Crippen molar-refractivity contribution in [3.63, 3.8) is 0 Å². The number of rotatable bonds is 6. The molecular formula is C12H14BrClO2S. The highest BCUT2D eigenvalue weighted by atomic mass is 79.9. The molecule has 0 heterocycles. The standard InChI is InChI=1S/C12H14BrClO2S/c1-8(12(15)16)9-3-4-11(10(14)7-9)17-6-2-5-13/h3-4,7-8H,2,5-6H2,1H3,(H,15,16). The minimum absolute atomic E-state index is 0.519. The fourth-order valence-electron chi connectivity index (χ4n) is 1.28. The van der Waals surface area contributed by atoms with Gasteiger partial charge in [-0.1, -0.05) is 33.6 Å². The summed E-state index contributed by atoms with van der Waals surface area (Å²) in [5, 5.41) is 10.5. The van der Waals surface area contributed by atoms with Gasteiger partial charge in [-0.15, -0.1) is 11.8 Å². The van der Waals surface area contributed by atoms with Gasteiger partial charge in [0.05, 0.1) is 10.9 Å². The van der Waals surface area contributed by atoms with Crippen molar-refractivity contribution in [1.29, 1.82) is 0 Å². The zero-order chi connectivity index (χ0) is 12.8. The van der Waals surface area contributed by atoms with Crippen molar-refractivity contribution in [2.24, 2.45) is 0 Å². The SMILES string of the molecule is CC(C(=O)O)c1ccc(SCCCBr)c(Cl)c1. The monoisotopic (exact) mass is 336 g/mol. The van der Waals surface area contributed by atoms with E-state index in [1.165, 1.54) is 0 Å². The summed E-state index contributed by atoms with van der Waals surface area (Å²) in [7, 11) is 0. The van der Waals surface area contributed by atoms with Gasteiger partial charge >= 0.3 is 5.97 Å². The van der Waals surface area contributed by atoms with Crippen molar-refractivity contribution in [3.05, 3.63) is 28.8 Å². The van der Waals surface area contributed by atoms with Crippen molar-refractivity contribution in [2.75, 3.05) is 11.1 Å². The van der Waals surface area contributed by atoms with Gasteiger partial charge in [0.2, 0.25) is 0 Å². The van der Waals surface area contributed by atoms with Gasteiger partial charge in [0.15, 0.2) is 0 Å². The van der Waals surface area contributed by atoms with Gasteiger partial charge in [-0.25, -0.2) is 0 Å². The Morgan fingerprint density at radius 3 is 2.82 bits per heavy atom. The molecule has 1 aromatic carbocycles. The van der Waals surface area contributed by atoms with Gasteiger partial charge in [0.1, 0.15) is 0 Å². The van der Waals surface area contributed by atoms with Crippen molar-refractivity contribution < 1.29 is 9.90 Å². The molecule has 0 aromatic heterocycles. The lowest BCUT2D eigenvalue weighted by molar-refractivity contribution is -0.138. The minimum Gasteiger partial charge on any atom is -0.481 e. The molecule has 0 radical (unpaired) electrons. The quantitative estimate of drug-likeness (QED) is 0.475. The van der Waals surface area contributed by atoms with Crippen LogP contribution >= 0.6 is 39.3 Å². The lowest BCUT2D eigenvalue weighted by Gasteiger charge is -2.09. The Morgan fingerprint density at radius 2 is 2.29 bits per heavy atom. The Hall–Kier alpha value is -0.190. The number of carbonyl (C=O) groups is 1. The molecule has 2 nitrogen and oxygen atoms in total. The second-order valence-electron chi connectivity index (χ2n) is 3.64. The average Bonchev–Trinajstić information content (AvgIpc) is 2.30. The summed E-state index contributed by atoms with van der Waals surface area (Å²) in [6.45, 7) is 1.66. The summed E-state index contributed by atoms with van der Waals surface area (Å²) in [5.41, 5.74) is 0.743. The molecule has 94 valence electrons. The summed E-state index contributed by atoms with van der Waals surface area (Å²) in [6.07, 6.45) is 1.08. The van der Waals surface area contributed by atoms with Gasteiger partial charge in [-0.05, 0) is 36.8 Å². The van der Waals surface area contributed by atoms with E-state index in [1.54, 1.807) is 24.8 Å². The Kier molecular flexibility index (Phi) is 6.38. The zero-order valence-electron chi connectivity index (χ0n) is 9.45. The molecule has 0 bridgehead atoms. The Morgan fingerprint density at radius 1 is 1.59 bits per heavy atom. The average molecular weight is 338 g/mol. The topological polar surface area (TPSA) is 37.3 Å². The molecule has 0 saturated carbocycles. The number of benzene rings is 1. The summed E-state index contributed by atoms with van der Waals surface area (Å²) in [5.74, 6) is -0.353. The van der Waals surface area contributed by atoms with E-state index in [0.717, 1.165) is 28.0 Å². The van der Waals surface area contributed by atoms with Crippen LogP contribution in [0.5, 0.6) is 0 Å². The Balaban J connectivity index is 2.75. The molecule has 1 rings (SSSR count). The van der Waals surface area contributed by atoms with Crippen molar-refractivity contribution >= 4 is 45.3 Å². The molecule has 0 spiro atoms. The molecule has 1 N–H and O–H groups in total. The first-order chi connectivity index (χ1) is 8.06. The van der Waals surface area contributed by atoms with Gasteiger partial charge in [0, 0.05) is 10.2 Å². The third-order valence-electron chi connectivity index (χ3n) is 2.36. The first-order valence-corrected chi connectivity index (χ1v) is 7.75. The molecule has 0 aliphatic carbocycles. The van der Waals surface area contributed by atoms with Crippen LogP contribution in [0, 0.1) is 0 Å². The highest BCUT2D eigenvalue weighted by Crippen LogP contribution is 2.30. The van der Waals surface area contributed by atoms with Gasteiger partial charge in [-0.2, -0.15) is 0 Å². The van der Waals surface area contributed by atoms with Gasteiger partial charge < -0.3 is 5.11 Å². The van der Waals surface area contributed by atoms with Gasteiger partial charge in [0.25, 0.3) is 0 Å².